The van der Waals surface area contributed by atoms with Crippen molar-refractivity contribution in [3.05, 3.63) is 40.2 Å². The maximum atomic E-state index is 12.7. The lowest BCUT2D eigenvalue weighted by atomic mass is 10.2. The molecule has 0 radical (unpaired) electrons. The van der Waals surface area contributed by atoms with E-state index in [4.69, 9.17) is 0 Å². The first-order valence-electron chi connectivity index (χ1n) is 4.95. The third kappa shape index (κ3) is 1.51. The van der Waals surface area contributed by atoms with Crippen molar-refractivity contribution in [2.75, 3.05) is 0 Å². The van der Waals surface area contributed by atoms with Gasteiger partial charge in [0, 0.05) is 10.1 Å². The number of hydrogen-bond donors (Lipinski definition) is 1. The Bertz CT molecular complexity index is 803. The minimum atomic E-state index is -4.54. The average Bonchev–Trinajstić information content (AvgIpc) is 2.73. The summed E-state index contributed by atoms with van der Waals surface area (Å²) in [5.74, 6) is 0. The summed E-state index contributed by atoms with van der Waals surface area (Å²) in [6.45, 7) is 0. The van der Waals surface area contributed by atoms with E-state index >= 15 is 0 Å². The summed E-state index contributed by atoms with van der Waals surface area (Å²) < 4.78 is 38.5. The molecule has 2 heterocycles. The van der Waals surface area contributed by atoms with Gasteiger partial charge in [-0.2, -0.15) is 18.3 Å². The van der Waals surface area contributed by atoms with Gasteiger partial charge in [0.15, 0.2) is 11.2 Å². The molecular weight excluding hydrogens is 265 g/mol. The number of aromatic amines is 1. The predicted octanol–water partition coefficient (Wildman–Crippen LogP) is 3.16. The minimum absolute atomic E-state index is 0.147. The standard InChI is InChI=1S/C11H5F3N2OS/c12-11(13,14)10-9-7(15-16-10)8(17)5-3-1-2-4-6(5)18-9/h1-4H,(H,15,16). The van der Waals surface area contributed by atoms with Crippen molar-refractivity contribution in [2.24, 2.45) is 0 Å². The molecule has 0 aliphatic heterocycles. The molecule has 1 aromatic carbocycles. The Balaban J connectivity index is 2.51. The molecule has 92 valence electrons. The van der Waals surface area contributed by atoms with E-state index in [-0.39, 0.29) is 10.2 Å². The normalized spacial score (nSPS) is 12.4. The molecule has 18 heavy (non-hydrogen) atoms. The van der Waals surface area contributed by atoms with Gasteiger partial charge in [0.1, 0.15) is 0 Å². The van der Waals surface area contributed by atoms with Crippen molar-refractivity contribution >= 4 is 31.6 Å². The van der Waals surface area contributed by atoms with E-state index < -0.39 is 17.3 Å². The van der Waals surface area contributed by atoms with Crippen LogP contribution in [0.2, 0.25) is 0 Å². The van der Waals surface area contributed by atoms with Gasteiger partial charge in [-0.3, -0.25) is 9.89 Å². The number of hydrogen-bond acceptors (Lipinski definition) is 3. The summed E-state index contributed by atoms with van der Waals surface area (Å²) in [5.41, 5.74) is -1.61. The van der Waals surface area contributed by atoms with E-state index in [1.165, 1.54) is 0 Å². The maximum Gasteiger partial charge on any atom is 0.434 e. The number of fused-ring (bicyclic) bond motifs is 2. The molecule has 3 nitrogen and oxygen atoms in total. The van der Waals surface area contributed by atoms with Crippen LogP contribution in [0.5, 0.6) is 0 Å². The van der Waals surface area contributed by atoms with Gasteiger partial charge in [-0.15, -0.1) is 11.3 Å². The minimum Gasteiger partial charge on any atom is -0.287 e. The summed E-state index contributed by atoms with van der Waals surface area (Å²) in [6.07, 6.45) is -4.54. The molecule has 1 N–H and O–H groups in total. The van der Waals surface area contributed by atoms with Crippen LogP contribution in [-0.4, -0.2) is 10.2 Å². The zero-order valence-corrected chi connectivity index (χ0v) is 9.52. The quantitative estimate of drug-likeness (QED) is 0.682. The smallest absolute Gasteiger partial charge is 0.287 e. The molecule has 3 aromatic rings. The van der Waals surface area contributed by atoms with Crippen LogP contribution in [-0.2, 0) is 6.18 Å². The molecule has 0 saturated heterocycles. The van der Waals surface area contributed by atoms with E-state index in [0.29, 0.717) is 10.1 Å². The molecule has 0 saturated carbocycles. The van der Waals surface area contributed by atoms with Crippen molar-refractivity contribution in [3.63, 3.8) is 0 Å². The second kappa shape index (κ2) is 3.55. The Kier molecular flexibility index (Phi) is 2.21. The van der Waals surface area contributed by atoms with Crippen LogP contribution in [0.25, 0.3) is 20.3 Å². The number of aromatic nitrogens is 2. The fourth-order valence-electron chi connectivity index (χ4n) is 1.76. The number of halogens is 3. The molecule has 0 amide bonds. The monoisotopic (exact) mass is 270 g/mol. The Morgan fingerprint density at radius 1 is 1.22 bits per heavy atom. The molecule has 2 aromatic heterocycles. The van der Waals surface area contributed by atoms with Gasteiger partial charge < -0.3 is 0 Å². The molecule has 7 heteroatoms. The summed E-state index contributed by atoms with van der Waals surface area (Å²) in [5, 5.41) is 5.78. The molecular formula is C11H5F3N2OS. The first-order chi connectivity index (χ1) is 8.48. The lowest BCUT2D eigenvalue weighted by Gasteiger charge is -2.02. The van der Waals surface area contributed by atoms with Crippen molar-refractivity contribution < 1.29 is 13.2 Å². The van der Waals surface area contributed by atoms with Crippen LogP contribution >= 0.6 is 11.3 Å². The topological polar surface area (TPSA) is 45.8 Å². The second-order valence-corrected chi connectivity index (χ2v) is 4.75. The van der Waals surface area contributed by atoms with E-state index in [9.17, 15) is 18.0 Å². The molecule has 0 bridgehead atoms. The van der Waals surface area contributed by atoms with Crippen LogP contribution in [0.4, 0.5) is 13.2 Å². The van der Waals surface area contributed by atoms with Crippen LogP contribution in [0.3, 0.4) is 0 Å². The maximum absolute atomic E-state index is 12.7. The van der Waals surface area contributed by atoms with Crippen molar-refractivity contribution in [1.82, 2.24) is 10.2 Å². The van der Waals surface area contributed by atoms with Gasteiger partial charge in [0.05, 0.1) is 4.70 Å². The van der Waals surface area contributed by atoms with Crippen LogP contribution in [0, 0.1) is 0 Å². The zero-order valence-electron chi connectivity index (χ0n) is 8.71. The molecule has 0 atom stereocenters. The van der Waals surface area contributed by atoms with Crippen LogP contribution < -0.4 is 5.43 Å². The van der Waals surface area contributed by atoms with Gasteiger partial charge in [-0.25, -0.2) is 0 Å². The molecule has 0 aliphatic rings. The van der Waals surface area contributed by atoms with Gasteiger partial charge >= 0.3 is 6.18 Å². The second-order valence-electron chi connectivity index (χ2n) is 3.70. The number of benzene rings is 1. The lowest BCUT2D eigenvalue weighted by Crippen LogP contribution is -2.06. The van der Waals surface area contributed by atoms with Crippen LogP contribution in [0.1, 0.15) is 5.69 Å². The molecule has 0 aliphatic carbocycles. The first-order valence-corrected chi connectivity index (χ1v) is 5.77. The van der Waals surface area contributed by atoms with E-state index in [1.807, 2.05) is 5.10 Å². The Labute approximate surface area is 102 Å². The highest BCUT2D eigenvalue weighted by Crippen LogP contribution is 2.35. The van der Waals surface area contributed by atoms with E-state index in [0.717, 1.165) is 11.3 Å². The lowest BCUT2D eigenvalue weighted by molar-refractivity contribution is -0.139. The third-order valence-electron chi connectivity index (χ3n) is 2.56. The molecule has 0 spiro atoms. The SMILES string of the molecule is O=c1c2ccccc2sc2c(C(F)(F)F)[nH]nc12. The Morgan fingerprint density at radius 3 is 2.67 bits per heavy atom. The molecule has 0 fully saturated rings. The van der Waals surface area contributed by atoms with Crippen molar-refractivity contribution in [3.8, 4) is 0 Å². The average molecular weight is 270 g/mol. The predicted molar refractivity (Wildman–Crippen MR) is 62.7 cm³/mol. The highest BCUT2D eigenvalue weighted by atomic mass is 32.1. The van der Waals surface area contributed by atoms with Gasteiger partial charge in [-0.05, 0) is 12.1 Å². The third-order valence-corrected chi connectivity index (χ3v) is 3.74. The number of alkyl halides is 3. The summed E-state index contributed by atoms with van der Waals surface area (Å²) in [7, 11) is 0. The Hall–Kier alpha value is -1.89. The molecule has 3 rings (SSSR count). The summed E-state index contributed by atoms with van der Waals surface area (Å²) >= 11 is 0.912. The van der Waals surface area contributed by atoms with Crippen molar-refractivity contribution in [1.29, 1.82) is 0 Å². The highest BCUT2D eigenvalue weighted by molar-refractivity contribution is 7.24. The molecule has 0 unspecified atom stereocenters. The number of rotatable bonds is 0. The fourth-order valence-corrected chi connectivity index (χ4v) is 2.89. The number of nitrogens with zero attached hydrogens (tertiary/aromatic N) is 1. The van der Waals surface area contributed by atoms with E-state index in [1.54, 1.807) is 24.3 Å². The van der Waals surface area contributed by atoms with Crippen LogP contribution in [0.15, 0.2) is 29.1 Å². The summed E-state index contributed by atoms with van der Waals surface area (Å²) in [4.78, 5) is 12.0. The number of H-pyrrole nitrogens is 1. The Morgan fingerprint density at radius 2 is 1.94 bits per heavy atom. The van der Waals surface area contributed by atoms with Crippen molar-refractivity contribution in [2.45, 2.75) is 6.18 Å². The zero-order chi connectivity index (χ0) is 12.9. The number of nitrogens with one attached hydrogen (secondary N) is 1. The fraction of sp³-hybridized carbons (Fsp3) is 0.0909. The van der Waals surface area contributed by atoms with Gasteiger partial charge in [-0.1, -0.05) is 12.1 Å². The van der Waals surface area contributed by atoms with Gasteiger partial charge in [0.2, 0.25) is 5.43 Å². The largest absolute Gasteiger partial charge is 0.434 e. The highest BCUT2D eigenvalue weighted by Gasteiger charge is 2.36. The first kappa shape index (κ1) is 11.2. The van der Waals surface area contributed by atoms with E-state index in [2.05, 4.69) is 5.10 Å². The van der Waals surface area contributed by atoms with Gasteiger partial charge in [0.25, 0.3) is 0 Å². The summed E-state index contributed by atoms with van der Waals surface area (Å²) in [6, 6.07) is 6.54.